The van der Waals surface area contributed by atoms with Crippen LogP contribution in [0.25, 0.3) is 0 Å². The summed E-state index contributed by atoms with van der Waals surface area (Å²) in [6.07, 6.45) is -10.2. The quantitative estimate of drug-likeness (QED) is 0.168. The summed E-state index contributed by atoms with van der Waals surface area (Å²) in [6, 6.07) is 6.72. The van der Waals surface area contributed by atoms with Gasteiger partial charge in [-0.25, -0.2) is 9.59 Å². The number of nitrogens with one attached hydrogen (secondary N) is 1. The highest BCUT2D eigenvalue weighted by atomic mass is 16.6. The van der Waals surface area contributed by atoms with Gasteiger partial charge >= 0.3 is 23.9 Å². The van der Waals surface area contributed by atoms with Crippen molar-refractivity contribution in [2.75, 3.05) is 6.61 Å². The van der Waals surface area contributed by atoms with E-state index in [2.05, 4.69) is 5.32 Å². The summed E-state index contributed by atoms with van der Waals surface area (Å²) in [4.78, 5) is 82.6. The van der Waals surface area contributed by atoms with E-state index in [0.29, 0.717) is 0 Å². The minimum absolute atomic E-state index is 0.0169. The number of hydrogen-bond acceptors (Lipinski definition) is 14. The van der Waals surface area contributed by atoms with Crippen molar-refractivity contribution in [3.63, 3.8) is 0 Å². The molecule has 0 spiro atoms. The van der Waals surface area contributed by atoms with Crippen LogP contribution in [0.4, 0.5) is 0 Å². The van der Waals surface area contributed by atoms with Crippen LogP contribution in [0.3, 0.4) is 0 Å². The summed E-state index contributed by atoms with van der Waals surface area (Å²) in [5.74, 6) is -6.56. The van der Waals surface area contributed by atoms with Crippen molar-refractivity contribution < 1.29 is 67.8 Å². The molecule has 15 nitrogen and oxygen atoms in total. The Balaban J connectivity index is 1.76. The van der Waals surface area contributed by atoms with E-state index in [1.165, 1.54) is 26.0 Å². The molecule has 11 atom stereocenters. The molecule has 1 heterocycles. The average Bonchev–Trinajstić information content (AvgIpc) is 3.10. The third kappa shape index (κ3) is 7.36. The second kappa shape index (κ2) is 15.1. The lowest BCUT2D eigenvalue weighted by molar-refractivity contribution is -0.346. The van der Waals surface area contributed by atoms with Gasteiger partial charge in [0.15, 0.2) is 23.6 Å². The van der Waals surface area contributed by atoms with Crippen LogP contribution in [0.5, 0.6) is 0 Å². The second-order valence-electron chi connectivity index (χ2n) is 19.2. The predicted molar refractivity (Wildman–Crippen MR) is 205 cm³/mol. The standard InChI is InChI=1S/C43H59NO14/c1-21-25(56-36(51)29(48)32(38(4,5)6)44-37(52)39(7,8)9)19-43(53)34(57-35(50)24-16-14-13-15-17-24)31-41(12,26(47)18-27-42(31,20-54-27)58-23(3)46)33(49)30(55-22(2)45)28(21)40(43,10)11/h13-17,25-27,29-32,34,47-48,53H,18-20H2,1-12H3,(H,44,52)/t25-,26-,27+,29+,30+,31-,32+,34-,41+,42-,43+/m0/s1. The predicted octanol–water partition coefficient (Wildman–Crippen LogP) is 3.14. The summed E-state index contributed by atoms with van der Waals surface area (Å²) in [7, 11) is 0. The first-order valence-electron chi connectivity index (χ1n) is 19.7. The number of Topliss-reactive ketones (excluding diaryl/α,β-unsaturated/α-hetero) is 1. The molecule has 0 aromatic heterocycles. The van der Waals surface area contributed by atoms with Crippen LogP contribution in [-0.2, 0) is 47.7 Å². The van der Waals surface area contributed by atoms with Gasteiger partial charge in [0, 0.05) is 37.5 Å². The molecular formula is C43H59NO14. The molecule has 2 saturated carbocycles. The number of ketones is 1. The lowest BCUT2D eigenvalue weighted by atomic mass is 9.44. The molecule has 15 heteroatoms. The molecule has 5 rings (SSSR count). The Labute approximate surface area is 339 Å². The molecule has 1 saturated heterocycles. The maximum Gasteiger partial charge on any atom is 0.338 e. The van der Waals surface area contributed by atoms with Gasteiger partial charge in [0.1, 0.15) is 23.9 Å². The Hall–Kier alpha value is -4.18. The van der Waals surface area contributed by atoms with Crippen LogP contribution in [0.2, 0.25) is 0 Å². The fourth-order valence-electron chi connectivity index (χ4n) is 9.49. The zero-order valence-corrected chi connectivity index (χ0v) is 35.5. The van der Waals surface area contributed by atoms with Gasteiger partial charge in [-0.2, -0.15) is 0 Å². The first kappa shape index (κ1) is 44.9. The number of ether oxygens (including phenoxy) is 5. The van der Waals surface area contributed by atoms with E-state index in [-0.39, 0.29) is 29.7 Å². The Morgan fingerprint density at radius 2 is 1.53 bits per heavy atom. The smallest absolute Gasteiger partial charge is 0.338 e. The maximum absolute atomic E-state index is 15.4. The van der Waals surface area contributed by atoms with Gasteiger partial charge in [-0.15, -0.1) is 0 Å². The Morgan fingerprint density at radius 1 is 0.931 bits per heavy atom. The fourth-order valence-corrected chi connectivity index (χ4v) is 9.49. The molecular weight excluding hydrogens is 754 g/mol. The van der Waals surface area contributed by atoms with Gasteiger partial charge in [0.2, 0.25) is 5.91 Å². The number of carbonyl (C=O) groups is 6. The third-order valence-electron chi connectivity index (χ3n) is 12.9. The van der Waals surface area contributed by atoms with E-state index < -0.39 is 123 Å². The van der Waals surface area contributed by atoms with Crippen molar-refractivity contribution in [1.82, 2.24) is 5.32 Å². The Morgan fingerprint density at radius 3 is 2.03 bits per heavy atom. The number of esters is 4. The molecule has 4 aliphatic rings. The summed E-state index contributed by atoms with van der Waals surface area (Å²) in [6.45, 7) is 18.2. The highest BCUT2D eigenvalue weighted by molar-refractivity contribution is 5.95. The van der Waals surface area contributed by atoms with E-state index in [1.807, 2.05) is 0 Å². The molecule has 0 radical (unpaired) electrons. The van der Waals surface area contributed by atoms with Gasteiger partial charge in [0.25, 0.3) is 0 Å². The number of hydrogen-bond donors (Lipinski definition) is 4. The van der Waals surface area contributed by atoms with E-state index in [0.717, 1.165) is 13.8 Å². The highest BCUT2D eigenvalue weighted by Crippen LogP contribution is 2.64. The zero-order valence-electron chi connectivity index (χ0n) is 35.5. The van der Waals surface area contributed by atoms with E-state index >= 15 is 4.79 Å². The Bertz CT molecular complexity index is 1880. The van der Waals surface area contributed by atoms with Crippen molar-refractivity contribution in [2.45, 2.75) is 150 Å². The maximum atomic E-state index is 15.4. The topological polar surface area (TPSA) is 221 Å². The normalized spacial score (nSPS) is 34.0. The molecule has 1 aromatic rings. The van der Waals surface area contributed by atoms with Gasteiger partial charge in [0.05, 0.1) is 35.6 Å². The number of benzene rings is 1. The highest BCUT2D eigenvalue weighted by Gasteiger charge is 2.78. The zero-order chi connectivity index (χ0) is 43.7. The molecule has 3 fully saturated rings. The number of fused-ring (bicyclic) bond motifs is 5. The molecule has 1 amide bonds. The van der Waals surface area contributed by atoms with Crippen molar-refractivity contribution >= 4 is 35.6 Å². The number of carbonyl (C=O) groups excluding carboxylic acids is 6. The number of rotatable bonds is 8. The number of aliphatic hydroxyl groups excluding tert-OH is 2. The largest absolute Gasteiger partial charge is 0.456 e. The van der Waals surface area contributed by atoms with Crippen molar-refractivity contribution in [1.29, 1.82) is 0 Å². The minimum Gasteiger partial charge on any atom is -0.456 e. The summed E-state index contributed by atoms with van der Waals surface area (Å²) >= 11 is 0. The van der Waals surface area contributed by atoms with Crippen LogP contribution in [0.15, 0.2) is 41.5 Å². The van der Waals surface area contributed by atoms with Crippen LogP contribution in [-0.4, -0.2) is 111 Å². The van der Waals surface area contributed by atoms with Crippen LogP contribution in [0, 0.1) is 27.6 Å². The summed E-state index contributed by atoms with van der Waals surface area (Å²) in [5.41, 5.74) is -9.23. The first-order valence-corrected chi connectivity index (χ1v) is 19.7. The van der Waals surface area contributed by atoms with Gasteiger partial charge in [-0.1, -0.05) is 73.6 Å². The fraction of sp³-hybridized carbons (Fsp3) is 0.674. The van der Waals surface area contributed by atoms with Crippen molar-refractivity contribution in [3.8, 4) is 0 Å². The van der Waals surface area contributed by atoms with Gasteiger partial charge < -0.3 is 44.3 Å². The lowest BCUT2D eigenvalue weighted by Gasteiger charge is -2.67. The Kier molecular flexibility index (Phi) is 11.7. The first-order chi connectivity index (χ1) is 26.5. The SMILES string of the molecule is CC(=O)O[C@H]1C(=O)[C@@]2(C)[C@H]([C@H](OC(=O)c3ccccc3)[C@]3(O)C[C@H](OC(=O)[C@H](O)[C@@H](NC(=O)C(C)(C)C)C(C)(C)C)C(C)=C1C3(C)C)[C@]1(OC(C)=O)CO[C@@H]1C[C@@H]2O. The second-order valence-corrected chi connectivity index (χ2v) is 19.2. The number of amides is 1. The minimum atomic E-state index is -2.36. The monoisotopic (exact) mass is 813 g/mol. The molecule has 58 heavy (non-hydrogen) atoms. The van der Waals surface area contributed by atoms with Crippen molar-refractivity contribution in [3.05, 3.63) is 47.0 Å². The number of aliphatic hydroxyl groups is 3. The van der Waals surface area contributed by atoms with E-state index in [9.17, 15) is 39.3 Å². The molecule has 1 aliphatic heterocycles. The van der Waals surface area contributed by atoms with E-state index in [1.54, 1.807) is 73.6 Å². The van der Waals surface area contributed by atoms with Crippen LogP contribution < -0.4 is 5.32 Å². The molecule has 4 N–H and O–H groups in total. The van der Waals surface area contributed by atoms with Crippen LogP contribution in [0.1, 0.15) is 106 Å². The van der Waals surface area contributed by atoms with Crippen molar-refractivity contribution in [2.24, 2.45) is 27.6 Å². The van der Waals surface area contributed by atoms with Crippen LogP contribution >= 0.6 is 0 Å². The van der Waals surface area contributed by atoms with Gasteiger partial charge in [-0.05, 0) is 42.5 Å². The summed E-state index contributed by atoms with van der Waals surface area (Å²) < 4.78 is 30.1. The van der Waals surface area contributed by atoms with Gasteiger partial charge in [-0.3, -0.25) is 19.2 Å². The molecule has 320 valence electrons. The molecule has 2 bridgehead atoms. The average molecular weight is 814 g/mol. The summed E-state index contributed by atoms with van der Waals surface area (Å²) in [5, 5.41) is 39.9. The molecule has 1 aromatic carbocycles. The third-order valence-corrected chi connectivity index (χ3v) is 12.9. The lowest BCUT2D eigenvalue weighted by Crippen LogP contribution is -2.82. The molecule has 0 unspecified atom stereocenters. The molecule has 3 aliphatic carbocycles. The van der Waals surface area contributed by atoms with E-state index in [4.69, 9.17) is 23.7 Å².